The Hall–Kier alpha value is -1.44. The maximum atomic E-state index is 12.9. The highest BCUT2D eigenvalue weighted by Gasteiger charge is 2.41. The molecule has 0 unspecified atom stereocenters. The van der Waals surface area contributed by atoms with Crippen molar-refractivity contribution in [2.24, 2.45) is 0 Å². The maximum Gasteiger partial charge on any atom is 0.243 e. The van der Waals surface area contributed by atoms with Crippen molar-refractivity contribution in [2.45, 2.75) is 55.0 Å². The molecule has 1 atom stereocenters. The van der Waals surface area contributed by atoms with E-state index >= 15 is 0 Å². The molecule has 6 nitrogen and oxygen atoms in total. The second kappa shape index (κ2) is 7.66. The van der Waals surface area contributed by atoms with Gasteiger partial charge in [0.2, 0.25) is 15.9 Å². The van der Waals surface area contributed by atoms with Gasteiger partial charge in [0.15, 0.2) is 0 Å². The van der Waals surface area contributed by atoms with E-state index in [1.165, 1.54) is 17.1 Å². The largest absolute Gasteiger partial charge is 0.353 e. The van der Waals surface area contributed by atoms with Gasteiger partial charge in [-0.3, -0.25) is 4.79 Å². The number of likely N-dealkylation sites (N-methyl/N-ethyl adjacent to an activating group) is 1. The highest BCUT2D eigenvalue weighted by molar-refractivity contribution is 7.89. The Morgan fingerprint density at radius 1 is 1.19 bits per heavy atom. The highest BCUT2D eigenvalue weighted by Crippen LogP contribution is 2.33. The first-order valence-corrected chi connectivity index (χ1v) is 10.8. The molecule has 1 amide bonds. The maximum absolute atomic E-state index is 12.9. The minimum atomic E-state index is -3.64. The van der Waals surface area contributed by atoms with Gasteiger partial charge in [0.25, 0.3) is 0 Å². The normalized spacial score (nSPS) is 23.4. The molecule has 7 heteroatoms. The highest BCUT2D eigenvalue weighted by atomic mass is 32.2. The number of carbonyl (C=O) groups is 1. The fourth-order valence-corrected chi connectivity index (χ4v) is 5.88. The number of sulfonamides is 1. The number of carbonyl (C=O) groups excluding carboxylic acids is 1. The van der Waals surface area contributed by atoms with Gasteiger partial charge < -0.3 is 10.2 Å². The van der Waals surface area contributed by atoms with Gasteiger partial charge in [0.1, 0.15) is 6.04 Å². The number of rotatable bonds is 6. The lowest BCUT2D eigenvalue weighted by molar-refractivity contribution is -0.124. The third-order valence-electron chi connectivity index (χ3n) is 5.93. The van der Waals surface area contributed by atoms with Crippen LogP contribution in [0.1, 0.15) is 38.5 Å². The molecule has 1 heterocycles. The van der Waals surface area contributed by atoms with Crippen LogP contribution in [-0.4, -0.2) is 62.3 Å². The second-order valence-corrected chi connectivity index (χ2v) is 9.52. The predicted octanol–water partition coefficient (Wildman–Crippen LogP) is 1.83. The monoisotopic (exact) mass is 379 g/mol. The molecule has 2 fully saturated rings. The van der Waals surface area contributed by atoms with Gasteiger partial charge in [0, 0.05) is 18.6 Å². The summed E-state index contributed by atoms with van der Waals surface area (Å²) in [4.78, 5) is 15.3. The zero-order chi connectivity index (χ0) is 18.8. The summed E-state index contributed by atoms with van der Waals surface area (Å²) in [7, 11) is 0.470. The molecule has 1 aliphatic heterocycles. The van der Waals surface area contributed by atoms with Crippen molar-refractivity contribution in [1.82, 2.24) is 14.5 Å². The molecule has 1 saturated carbocycles. The molecule has 0 radical (unpaired) electrons. The number of benzene rings is 1. The van der Waals surface area contributed by atoms with Crippen LogP contribution >= 0.6 is 0 Å². The average molecular weight is 380 g/mol. The number of nitrogens with one attached hydrogen (secondary N) is 1. The van der Waals surface area contributed by atoms with E-state index in [0.29, 0.717) is 25.9 Å². The zero-order valence-corrected chi connectivity index (χ0v) is 16.5. The first-order chi connectivity index (χ1) is 12.4. The van der Waals surface area contributed by atoms with Crippen LogP contribution in [0, 0.1) is 0 Å². The molecule has 1 aromatic rings. The van der Waals surface area contributed by atoms with Gasteiger partial charge in [-0.2, -0.15) is 4.31 Å². The molecule has 1 N–H and O–H groups in total. The van der Waals surface area contributed by atoms with Crippen molar-refractivity contribution in [3.05, 3.63) is 30.3 Å². The van der Waals surface area contributed by atoms with Crippen LogP contribution in [0.25, 0.3) is 0 Å². The lowest BCUT2D eigenvalue weighted by Crippen LogP contribution is -2.54. The number of amides is 1. The van der Waals surface area contributed by atoms with E-state index in [-0.39, 0.29) is 16.3 Å². The van der Waals surface area contributed by atoms with Gasteiger partial charge in [-0.1, -0.05) is 31.0 Å². The zero-order valence-electron chi connectivity index (χ0n) is 15.6. The number of hydrogen-bond acceptors (Lipinski definition) is 4. The summed E-state index contributed by atoms with van der Waals surface area (Å²) < 4.78 is 27.2. The third kappa shape index (κ3) is 3.66. The van der Waals surface area contributed by atoms with E-state index in [2.05, 4.69) is 24.3 Å². The predicted molar refractivity (Wildman–Crippen MR) is 101 cm³/mol. The molecule has 144 valence electrons. The summed E-state index contributed by atoms with van der Waals surface area (Å²) in [6.07, 6.45) is 5.77. The lowest BCUT2D eigenvalue weighted by Gasteiger charge is -2.37. The van der Waals surface area contributed by atoms with E-state index in [1.54, 1.807) is 30.3 Å². The van der Waals surface area contributed by atoms with Crippen molar-refractivity contribution in [1.29, 1.82) is 0 Å². The van der Waals surface area contributed by atoms with Crippen molar-refractivity contribution in [3.8, 4) is 0 Å². The first-order valence-electron chi connectivity index (χ1n) is 9.39. The fraction of sp³-hybridized carbons (Fsp3) is 0.632. The van der Waals surface area contributed by atoms with Crippen LogP contribution in [0.3, 0.4) is 0 Å². The average Bonchev–Trinajstić information content (AvgIpc) is 3.31. The van der Waals surface area contributed by atoms with Gasteiger partial charge in [-0.05, 0) is 51.9 Å². The Bertz CT molecular complexity index is 728. The Kier molecular flexibility index (Phi) is 5.69. The van der Waals surface area contributed by atoms with Gasteiger partial charge in [-0.15, -0.1) is 0 Å². The quantitative estimate of drug-likeness (QED) is 0.819. The molecule has 26 heavy (non-hydrogen) atoms. The third-order valence-corrected chi connectivity index (χ3v) is 7.85. The van der Waals surface area contributed by atoms with Gasteiger partial charge in [0.05, 0.1) is 4.90 Å². The van der Waals surface area contributed by atoms with Crippen LogP contribution < -0.4 is 5.32 Å². The van der Waals surface area contributed by atoms with Gasteiger partial charge in [-0.25, -0.2) is 8.42 Å². The standard InChI is InChI=1S/C19H29N3O3S/c1-21(2)19(12-6-7-13-19)15-20-18(23)17-11-8-14-22(17)26(24,25)16-9-4-3-5-10-16/h3-5,9-10,17H,6-8,11-15H2,1-2H3,(H,20,23)/t17-/m1/s1. The molecule has 1 saturated heterocycles. The molecule has 3 rings (SSSR count). The van der Waals surface area contributed by atoms with Gasteiger partial charge >= 0.3 is 0 Å². The van der Waals surface area contributed by atoms with E-state index < -0.39 is 16.1 Å². The van der Waals surface area contributed by atoms with E-state index in [4.69, 9.17) is 0 Å². The fourth-order valence-electron chi connectivity index (χ4n) is 4.20. The SMILES string of the molecule is CN(C)C1(CNC(=O)[C@H]2CCCN2S(=O)(=O)c2ccccc2)CCCC1. The minimum absolute atomic E-state index is 0.00258. The molecule has 0 bridgehead atoms. The Morgan fingerprint density at radius 3 is 2.46 bits per heavy atom. The van der Waals surface area contributed by atoms with E-state index in [1.807, 2.05) is 0 Å². The smallest absolute Gasteiger partial charge is 0.243 e. The molecule has 1 aliphatic carbocycles. The number of hydrogen-bond donors (Lipinski definition) is 1. The van der Waals surface area contributed by atoms with Crippen LogP contribution in [-0.2, 0) is 14.8 Å². The molecule has 0 spiro atoms. The summed E-state index contributed by atoms with van der Waals surface area (Å²) >= 11 is 0. The van der Waals surface area contributed by atoms with Crippen LogP contribution in [0.4, 0.5) is 0 Å². The molecule has 1 aromatic carbocycles. The summed E-state index contributed by atoms with van der Waals surface area (Å²) in [6, 6.07) is 7.76. The molecule has 2 aliphatic rings. The summed E-state index contributed by atoms with van der Waals surface area (Å²) in [5.41, 5.74) is -0.00258. The minimum Gasteiger partial charge on any atom is -0.353 e. The topological polar surface area (TPSA) is 69.7 Å². The van der Waals surface area contributed by atoms with Crippen molar-refractivity contribution in [2.75, 3.05) is 27.2 Å². The molecular formula is C19H29N3O3S. The molecular weight excluding hydrogens is 350 g/mol. The van der Waals surface area contributed by atoms with Crippen LogP contribution in [0.5, 0.6) is 0 Å². The molecule has 0 aromatic heterocycles. The summed E-state index contributed by atoms with van der Waals surface area (Å²) in [6.45, 7) is 0.975. The second-order valence-electron chi connectivity index (χ2n) is 7.63. The van der Waals surface area contributed by atoms with Crippen LogP contribution in [0.2, 0.25) is 0 Å². The lowest BCUT2D eigenvalue weighted by atomic mass is 9.96. The first kappa shape index (κ1) is 19.3. The Balaban J connectivity index is 1.71. The summed E-state index contributed by atoms with van der Waals surface area (Å²) in [5, 5.41) is 3.06. The van der Waals surface area contributed by atoms with E-state index in [9.17, 15) is 13.2 Å². The van der Waals surface area contributed by atoms with Crippen molar-refractivity contribution < 1.29 is 13.2 Å². The van der Waals surface area contributed by atoms with E-state index in [0.717, 1.165) is 12.8 Å². The van der Waals surface area contributed by atoms with Crippen molar-refractivity contribution >= 4 is 15.9 Å². The van der Waals surface area contributed by atoms with Crippen molar-refractivity contribution in [3.63, 3.8) is 0 Å². The summed E-state index contributed by atoms with van der Waals surface area (Å²) in [5.74, 6) is -0.171. The Morgan fingerprint density at radius 2 is 1.85 bits per heavy atom. The number of nitrogens with zero attached hydrogens (tertiary/aromatic N) is 2. The van der Waals surface area contributed by atoms with Crippen LogP contribution in [0.15, 0.2) is 35.2 Å². The Labute approximate surface area is 156 Å².